The summed E-state index contributed by atoms with van der Waals surface area (Å²) in [5.74, 6) is 0.300. The molecule has 1 N–H and O–H groups in total. The number of rotatable bonds is 2. The third-order valence-electron chi connectivity index (χ3n) is 2.94. The van der Waals surface area contributed by atoms with E-state index in [1.165, 1.54) is 0 Å². The zero-order chi connectivity index (χ0) is 9.24. The van der Waals surface area contributed by atoms with Crippen LogP contribution in [0.2, 0.25) is 0 Å². The smallest absolute Gasteiger partial charge is 0.158 e. The summed E-state index contributed by atoms with van der Waals surface area (Å²) < 4.78 is 23.0. The van der Waals surface area contributed by atoms with Gasteiger partial charge in [0.25, 0.3) is 0 Å². The van der Waals surface area contributed by atoms with Crippen molar-refractivity contribution in [1.29, 1.82) is 0 Å². The van der Waals surface area contributed by atoms with Gasteiger partial charge in [0.2, 0.25) is 0 Å². The SMILES string of the molecule is CCC1(CC)CNCCS1(=O)=O.Cl. The first-order valence-electron chi connectivity index (χ1n) is 4.51. The highest BCUT2D eigenvalue weighted by Crippen LogP contribution is 2.27. The predicted octanol–water partition coefficient (Wildman–Crippen LogP) is 0.985. The van der Waals surface area contributed by atoms with E-state index < -0.39 is 14.6 Å². The molecule has 5 heteroatoms. The first-order valence-corrected chi connectivity index (χ1v) is 6.16. The second kappa shape index (κ2) is 4.62. The average Bonchev–Trinajstić information content (AvgIpc) is 2.05. The van der Waals surface area contributed by atoms with Crippen LogP contribution in [0.15, 0.2) is 0 Å². The molecule has 80 valence electrons. The van der Waals surface area contributed by atoms with Crippen molar-refractivity contribution in [2.45, 2.75) is 31.4 Å². The first-order chi connectivity index (χ1) is 5.58. The van der Waals surface area contributed by atoms with Crippen molar-refractivity contribution < 1.29 is 8.42 Å². The standard InChI is InChI=1S/C8H17NO2S.ClH/c1-3-8(4-2)7-9-5-6-12(8,10)11;/h9H,3-7H2,1-2H3;1H. The van der Waals surface area contributed by atoms with Crippen LogP contribution in [0.3, 0.4) is 0 Å². The van der Waals surface area contributed by atoms with E-state index in [-0.39, 0.29) is 12.4 Å². The minimum Gasteiger partial charge on any atom is -0.314 e. The van der Waals surface area contributed by atoms with Crippen LogP contribution in [0.5, 0.6) is 0 Å². The highest BCUT2D eigenvalue weighted by molar-refractivity contribution is 7.92. The normalized spacial score (nSPS) is 24.8. The number of nitrogens with one attached hydrogen (secondary N) is 1. The Morgan fingerprint density at radius 1 is 1.31 bits per heavy atom. The zero-order valence-corrected chi connectivity index (χ0v) is 9.80. The van der Waals surface area contributed by atoms with Gasteiger partial charge < -0.3 is 5.32 Å². The van der Waals surface area contributed by atoms with Crippen molar-refractivity contribution in [3.63, 3.8) is 0 Å². The van der Waals surface area contributed by atoms with Crippen LogP contribution >= 0.6 is 12.4 Å². The molecule has 1 fully saturated rings. The van der Waals surface area contributed by atoms with E-state index in [0.717, 1.165) is 12.8 Å². The Morgan fingerprint density at radius 2 is 1.85 bits per heavy atom. The Labute approximate surface area is 86.6 Å². The lowest BCUT2D eigenvalue weighted by Crippen LogP contribution is -2.53. The second-order valence-corrected chi connectivity index (χ2v) is 5.89. The molecule has 3 nitrogen and oxygen atoms in total. The van der Waals surface area contributed by atoms with E-state index in [1.807, 2.05) is 13.8 Å². The summed E-state index contributed by atoms with van der Waals surface area (Å²) >= 11 is 0. The number of hydrogen-bond donors (Lipinski definition) is 1. The van der Waals surface area contributed by atoms with Gasteiger partial charge in [-0.1, -0.05) is 13.8 Å². The van der Waals surface area contributed by atoms with Gasteiger partial charge in [-0.05, 0) is 12.8 Å². The third kappa shape index (κ3) is 2.17. The maximum absolute atomic E-state index is 11.7. The Morgan fingerprint density at radius 3 is 2.15 bits per heavy atom. The fourth-order valence-corrected chi connectivity index (χ4v) is 3.84. The Balaban J connectivity index is 0.00000144. The van der Waals surface area contributed by atoms with Crippen molar-refractivity contribution in [3.8, 4) is 0 Å². The van der Waals surface area contributed by atoms with Gasteiger partial charge in [0.1, 0.15) is 0 Å². The molecule has 0 spiro atoms. The minimum absolute atomic E-state index is 0. The molecule has 0 radical (unpaired) electrons. The zero-order valence-electron chi connectivity index (χ0n) is 8.17. The van der Waals surface area contributed by atoms with Gasteiger partial charge >= 0.3 is 0 Å². The van der Waals surface area contributed by atoms with Gasteiger partial charge in [0.05, 0.1) is 10.5 Å². The highest BCUT2D eigenvalue weighted by atomic mass is 35.5. The molecule has 1 rings (SSSR count). The molecule has 1 aliphatic rings. The van der Waals surface area contributed by atoms with Crippen LogP contribution in [0.1, 0.15) is 26.7 Å². The summed E-state index contributed by atoms with van der Waals surface area (Å²) in [6.07, 6.45) is 1.44. The molecule has 0 bridgehead atoms. The van der Waals surface area contributed by atoms with Gasteiger partial charge in [0, 0.05) is 13.1 Å². The molecular weight excluding hydrogens is 210 g/mol. The summed E-state index contributed by atoms with van der Waals surface area (Å²) in [6, 6.07) is 0. The van der Waals surface area contributed by atoms with E-state index in [4.69, 9.17) is 0 Å². The van der Waals surface area contributed by atoms with Crippen LogP contribution < -0.4 is 5.32 Å². The summed E-state index contributed by atoms with van der Waals surface area (Å²) in [7, 11) is -2.85. The fraction of sp³-hybridized carbons (Fsp3) is 1.00. The van der Waals surface area contributed by atoms with Crippen LogP contribution in [-0.2, 0) is 9.84 Å². The molecule has 0 atom stereocenters. The maximum atomic E-state index is 11.7. The number of halogens is 1. The van der Waals surface area contributed by atoms with Crippen LogP contribution in [0.25, 0.3) is 0 Å². The quantitative estimate of drug-likeness (QED) is 0.765. The largest absolute Gasteiger partial charge is 0.314 e. The predicted molar refractivity (Wildman–Crippen MR) is 57.2 cm³/mol. The van der Waals surface area contributed by atoms with Crippen molar-refractivity contribution in [1.82, 2.24) is 5.32 Å². The van der Waals surface area contributed by atoms with Crippen molar-refractivity contribution in [2.24, 2.45) is 0 Å². The van der Waals surface area contributed by atoms with E-state index in [9.17, 15) is 8.42 Å². The van der Waals surface area contributed by atoms with Crippen LogP contribution in [-0.4, -0.2) is 32.0 Å². The van der Waals surface area contributed by atoms with Crippen molar-refractivity contribution in [2.75, 3.05) is 18.8 Å². The lowest BCUT2D eigenvalue weighted by molar-refractivity contribution is 0.434. The molecule has 1 saturated heterocycles. The Bertz CT molecular complexity index is 247. The molecule has 1 heterocycles. The highest BCUT2D eigenvalue weighted by Gasteiger charge is 2.42. The molecule has 0 saturated carbocycles. The summed E-state index contributed by atoms with van der Waals surface area (Å²) in [6.45, 7) is 5.15. The maximum Gasteiger partial charge on any atom is 0.158 e. The molecule has 0 unspecified atom stereocenters. The molecule has 13 heavy (non-hydrogen) atoms. The van der Waals surface area contributed by atoms with Gasteiger partial charge in [-0.2, -0.15) is 0 Å². The monoisotopic (exact) mass is 227 g/mol. The molecule has 0 aromatic heterocycles. The van der Waals surface area contributed by atoms with Crippen molar-refractivity contribution in [3.05, 3.63) is 0 Å². The van der Waals surface area contributed by atoms with Gasteiger partial charge in [0.15, 0.2) is 9.84 Å². The molecular formula is C8H18ClNO2S. The Kier molecular flexibility index (Phi) is 4.69. The lowest BCUT2D eigenvalue weighted by atomic mass is 10.0. The molecule has 0 aromatic carbocycles. The van der Waals surface area contributed by atoms with E-state index in [2.05, 4.69) is 5.32 Å². The van der Waals surface area contributed by atoms with Gasteiger partial charge in [-0.15, -0.1) is 12.4 Å². The summed E-state index contributed by atoms with van der Waals surface area (Å²) in [5.41, 5.74) is 0. The number of sulfone groups is 1. The molecule has 1 aliphatic heterocycles. The molecule has 0 aliphatic carbocycles. The van der Waals surface area contributed by atoms with Crippen molar-refractivity contribution >= 4 is 22.2 Å². The van der Waals surface area contributed by atoms with E-state index in [1.54, 1.807) is 0 Å². The van der Waals surface area contributed by atoms with Gasteiger partial charge in [-0.3, -0.25) is 0 Å². The lowest BCUT2D eigenvalue weighted by Gasteiger charge is -2.35. The molecule has 0 aromatic rings. The van der Waals surface area contributed by atoms with E-state index in [0.29, 0.717) is 18.8 Å². The van der Waals surface area contributed by atoms with E-state index >= 15 is 0 Å². The summed E-state index contributed by atoms with van der Waals surface area (Å²) in [5, 5.41) is 3.15. The minimum atomic E-state index is -2.85. The number of hydrogen-bond acceptors (Lipinski definition) is 3. The molecule has 0 amide bonds. The average molecular weight is 228 g/mol. The second-order valence-electron chi connectivity index (χ2n) is 3.39. The van der Waals surface area contributed by atoms with Crippen LogP contribution in [0.4, 0.5) is 0 Å². The Hall–Kier alpha value is 0.200. The third-order valence-corrected chi connectivity index (χ3v) is 5.73. The fourth-order valence-electron chi connectivity index (χ4n) is 1.79. The van der Waals surface area contributed by atoms with Gasteiger partial charge in [-0.25, -0.2) is 8.42 Å². The van der Waals surface area contributed by atoms with Crippen LogP contribution in [0, 0.1) is 0 Å². The topological polar surface area (TPSA) is 46.2 Å². The summed E-state index contributed by atoms with van der Waals surface area (Å²) in [4.78, 5) is 0. The first kappa shape index (κ1) is 13.2.